The molecule has 3 heterocycles. The number of para-hydroxylation sites is 1. The summed E-state index contributed by atoms with van der Waals surface area (Å²) in [5.74, 6) is -0.519. The Labute approximate surface area is 162 Å². The Balaban J connectivity index is 1.86. The van der Waals surface area contributed by atoms with Crippen molar-refractivity contribution in [1.29, 1.82) is 0 Å². The van der Waals surface area contributed by atoms with Gasteiger partial charge in [-0.15, -0.1) is 0 Å². The van der Waals surface area contributed by atoms with Gasteiger partial charge in [0.2, 0.25) is 5.95 Å². The Kier molecular flexibility index (Phi) is 3.58. The molecule has 5 rings (SSSR count). The predicted octanol–water partition coefficient (Wildman–Crippen LogP) is 4.88. The molecule has 0 saturated carbocycles. The zero-order chi connectivity index (χ0) is 18.5. The van der Waals surface area contributed by atoms with E-state index in [0.29, 0.717) is 5.69 Å². The molecule has 0 radical (unpaired) electrons. The zero-order valence-electron chi connectivity index (χ0n) is 14.3. The van der Waals surface area contributed by atoms with Crippen molar-refractivity contribution in [2.75, 3.05) is 0 Å². The minimum Gasteiger partial charge on any atom is -0.275 e. The van der Waals surface area contributed by atoms with Gasteiger partial charge in [-0.25, -0.2) is 9.67 Å². The summed E-state index contributed by atoms with van der Waals surface area (Å²) in [7, 11) is 1.90. The highest BCUT2D eigenvalue weighted by molar-refractivity contribution is 9.10. The lowest BCUT2D eigenvalue weighted by molar-refractivity contribution is 0.582. The van der Waals surface area contributed by atoms with E-state index in [0.717, 1.165) is 37.5 Å². The summed E-state index contributed by atoms with van der Waals surface area (Å²) in [4.78, 5) is 3.77. The van der Waals surface area contributed by atoms with Gasteiger partial charge in [0, 0.05) is 34.1 Å². The third-order valence-corrected chi connectivity index (χ3v) is 5.17. The summed E-state index contributed by atoms with van der Waals surface area (Å²) >= 11 is 3.63. The van der Waals surface area contributed by atoms with Crippen LogP contribution in [0.25, 0.3) is 38.8 Å². The van der Waals surface area contributed by atoms with Gasteiger partial charge in [-0.1, -0.05) is 24.3 Å². The van der Waals surface area contributed by atoms with Gasteiger partial charge in [0.25, 0.3) is 0 Å². The molecule has 132 valence electrons. The molecule has 3 aromatic heterocycles. The lowest BCUT2D eigenvalue weighted by atomic mass is 10.0. The average molecular weight is 422 g/mol. The molecule has 0 N–H and O–H groups in total. The van der Waals surface area contributed by atoms with Crippen molar-refractivity contribution in [1.82, 2.24) is 24.5 Å². The third kappa shape index (κ3) is 2.54. The van der Waals surface area contributed by atoms with Gasteiger partial charge in [-0.2, -0.15) is 14.6 Å². The van der Waals surface area contributed by atoms with Crippen LogP contribution >= 0.6 is 15.9 Å². The normalized spacial score (nSPS) is 11.5. The molecule has 0 aliphatic heterocycles. The number of pyridine rings is 1. The fraction of sp³-hybridized carbons (Fsp3) is 0.0500. The van der Waals surface area contributed by atoms with Crippen LogP contribution in [-0.2, 0) is 7.05 Å². The first kappa shape index (κ1) is 16.1. The van der Waals surface area contributed by atoms with Crippen LogP contribution in [0, 0.1) is 5.95 Å². The van der Waals surface area contributed by atoms with Crippen LogP contribution < -0.4 is 0 Å². The number of rotatable bonds is 2. The number of aryl methyl sites for hydroxylation is 1. The van der Waals surface area contributed by atoms with Crippen LogP contribution in [0.1, 0.15) is 0 Å². The van der Waals surface area contributed by atoms with Crippen LogP contribution in [0.5, 0.6) is 0 Å². The quantitative estimate of drug-likeness (QED) is 0.381. The Bertz CT molecular complexity index is 1300. The maximum absolute atomic E-state index is 13.3. The van der Waals surface area contributed by atoms with E-state index < -0.39 is 5.95 Å². The molecule has 0 spiro atoms. The first-order valence-corrected chi connectivity index (χ1v) is 9.13. The fourth-order valence-corrected chi connectivity index (χ4v) is 3.91. The molecule has 0 fully saturated rings. The first-order valence-electron chi connectivity index (χ1n) is 8.34. The average Bonchev–Trinajstić information content (AvgIpc) is 3.23. The predicted molar refractivity (Wildman–Crippen MR) is 106 cm³/mol. The van der Waals surface area contributed by atoms with Crippen molar-refractivity contribution in [3.8, 4) is 16.9 Å². The minimum atomic E-state index is -0.519. The number of nitrogens with zero attached hydrogens (tertiary/aromatic N) is 5. The molecule has 5 nitrogen and oxygen atoms in total. The molecule has 0 atom stereocenters. The summed E-state index contributed by atoms with van der Waals surface area (Å²) < 4.78 is 17.8. The summed E-state index contributed by atoms with van der Waals surface area (Å²) in [5.41, 5.74) is 4.35. The largest absolute Gasteiger partial charge is 0.275 e. The molecular formula is C20H13BrFN5. The molecule has 7 heteroatoms. The van der Waals surface area contributed by atoms with Crippen LogP contribution in [0.15, 0.2) is 65.4 Å². The van der Waals surface area contributed by atoms with Crippen LogP contribution in [-0.4, -0.2) is 24.5 Å². The van der Waals surface area contributed by atoms with Crippen molar-refractivity contribution in [3.05, 3.63) is 71.3 Å². The fourth-order valence-electron chi connectivity index (χ4n) is 3.37. The third-order valence-electron chi connectivity index (χ3n) is 4.53. The van der Waals surface area contributed by atoms with Gasteiger partial charge in [0.05, 0.1) is 22.9 Å². The number of benzene rings is 2. The Morgan fingerprint density at radius 3 is 2.63 bits per heavy atom. The van der Waals surface area contributed by atoms with Crippen molar-refractivity contribution in [2.45, 2.75) is 0 Å². The van der Waals surface area contributed by atoms with E-state index >= 15 is 0 Å². The van der Waals surface area contributed by atoms with Crippen molar-refractivity contribution in [2.24, 2.45) is 7.05 Å². The van der Waals surface area contributed by atoms with E-state index in [9.17, 15) is 4.39 Å². The number of aromatic nitrogens is 5. The van der Waals surface area contributed by atoms with E-state index in [1.165, 1.54) is 12.3 Å². The van der Waals surface area contributed by atoms with Gasteiger partial charge in [0.1, 0.15) is 5.69 Å². The molecule has 2 aromatic carbocycles. The smallest absolute Gasteiger partial charge is 0.212 e. The number of hydrogen-bond donors (Lipinski definition) is 0. The van der Waals surface area contributed by atoms with E-state index in [2.05, 4.69) is 26.0 Å². The molecule has 0 aliphatic rings. The van der Waals surface area contributed by atoms with E-state index in [-0.39, 0.29) is 0 Å². The summed E-state index contributed by atoms with van der Waals surface area (Å²) in [6, 6.07) is 15.0. The molecule has 27 heavy (non-hydrogen) atoms. The van der Waals surface area contributed by atoms with E-state index in [1.807, 2.05) is 49.6 Å². The first-order chi connectivity index (χ1) is 13.1. The Morgan fingerprint density at radius 1 is 0.963 bits per heavy atom. The maximum atomic E-state index is 13.3. The van der Waals surface area contributed by atoms with E-state index in [4.69, 9.17) is 5.10 Å². The zero-order valence-corrected chi connectivity index (χ0v) is 15.9. The van der Waals surface area contributed by atoms with Crippen molar-refractivity contribution < 1.29 is 4.39 Å². The molecule has 0 unspecified atom stereocenters. The highest BCUT2D eigenvalue weighted by atomic mass is 79.9. The molecular weight excluding hydrogens is 409 g/mol. The Hall–Kier alpha value is -3.06. The van der Waals surface area contributed by atoms with Crippen LogP contribution in [0.3, 0.4) is 0 Å². The lowest BCUT2D eigenvalue weighted by Crippen LogP contribution is -1.98. The Morgan fingerprint density at radius 2 is 1.81 bits per heavy atom. The van der Waals surface area contributed by atoms with Gasteiger partial charge < -0.3 is 0 Å². The second-order valence-electron chi connectivity index (χ2n) is 6.28. The highest BCUT2D eigenvalue weighted by Crippen LogP contribution is 2.36. The summed E-state index contributed by atoms with van der Waals surface area (Å²) in [6.07, 6.45) is 3.47. The molecule has 5 aromatic rings. The molecule has 0 bridgehead atoms. The molecule has 0 saturated heterocycles. The van der Waals surface area contributed by atoms with Gasteiger partial charge >= 0.3 is 0 Å². The lowest BCUT2D eigenvalue weighted by Gasteiger charge is -2.03. The van der Waals surface area contributed by atoms with Crippen LogP contribution in [0.2, 0.25) is 0 Å². The van der Waals surface area contributed by atoms with Gasteiger partial charge in [-0.3, -0.25) is 4.68 Å². The van der Waals surface area contributed by atoms with Gasteiger partial charge in [-0.05, 0) is 40.2 Å². The molecule has 0 amide bonds. The number of halogens is 2. The van der Waals surface area contributed by atoms with E-state index in [1.54, 1.807) is 15.4 Å². The summed E-state index contributed by atoms with van der Waals surface area (Å²) in [5, 5.41) is 11.4. The monoisotopic (exact) mass is 421 g/mol. The number of fused-ring (bicyclic) bond motifs is 2. The maximum Gasteiger partial charge on any atom is 0.212 e. The van der Waals surface area contributed by atoms with Crippen LogP contribution in [0.4, 0.5) is 4.39 Å². The topological polar surface area (TPSA) is 48.5 Å². The SMILES string of the molecule is Cn1cc2c(-c3nn(-c4ccc(F)nc4)c4c(Br)cccc34)cccc2n1. The standard InChI is InChI=1S/C20H13BrFN5/c1-26-11-15-13(4-3-7-17(15)24-26)19-14-5-2-6-16(21)20(14)27(25-19)12-8-9-18(22)23-10-12/h2-11H,1H3. The number of hydrogen-bond acceptors (Lipinski definition) is 3. The van der Waals surface area contributed by atoms with Gasteiger partial charge in [0.15, 0.2) is 0 Å². The second-order valence-corrected chi connectivity index (χ2v) is 7.13. The second kappa shape index (κ2) is 5.99. The van der Waals surface area contributed by atoms with Crippen molar-refractivity contribution in [3.63, 3.8) is 0 Å². The summed E-state index contributed by atoms with van der Waals surface area (Å²) in [6.45, 7) is 0. The highest BCUT2D eigenvalue weighted by Gasteiger charge is 2.18. The minimum absolute atomic E-state index is 0.519. The van der Waals surface area contributed by atoms with Crippen molar-refractivity contribution >= 4 is 37.7 Å². The molecule has 0 aliphatic carbocycles.